The van der Waals surface area contributed by atoms with Gasteiger partial charge in [0, 0.05) is 122 Å². The Morgan fingerprint density at radius 1 is 0.416 bits per heavy atom. The van der Waals surface area contributed by atoms with Crippen LogP contribution in [0.3, 0.4) is 0 Å². The van der Waals surface area contributed by atoms with Gasteiger partial charge in [0.25, 0.3) is 0 Å². The Kier molecular flexibility index (Phi) is 30.5. The lowest BCUT2D eigenvalue weighted by atomic mass is 9.72. The quantitative estimate of drug-likeness (QED) is 0.0193. The van der Waals surface area contributed by atoms with E-state index in [1.165, 1.54) is 27.8 Å². The van der Waals surface area contributed by atoms with Crippen molar-refractivity contribution in [2.24, 2.45) is 5.41 Å². The maximum absolute atomic E-state index is 10.0. The smallest absolute Gasteiger partial charge is 0.0715 e. The largest absolute Gasteiger partial charge is 0.395 e. The number of anilines is 5. The van der Waals surface area contributed by atoms with Gasteiger partial charge in [0.05, 0.1) is 59.0 Å². The summed E-state index contributed by atoms with van der Waals surface area (Å²) in [7, 11) is 0. The number of hydrogen-bond acceptors (Lipinski definition) is 14. The highest BCUT2D eigenvalue weighted by molar-refractivity contribution is 6.30. The van der Waals surface area contributed by atoms with Gasteiger partial charge in [-0.05, 0) is 149 Å². The molecule has 0 aliphatic carbocycles. The summed E-state index contributed by atoms with van der Waals surface area (Å²) in [6.07, 6.45) is 3.72. The fraction of sp³-hybridized carbons (Fsp3) is 0.425. The van der Waals surface area contributed by atoms with Crippen LogP contribution in [0.4, 0.5) is 28.4 Å². The molecule has 0 saturated carbocycles. The first-order valence-electron chi connectivity index (χ1n) is 31.4. The van der Waals surface area contributed by atoms with E-state index in [1.807, 2.05) is 56.0 Å². The molecule has 1 aliphatic rings. The lowest BCUT2D eigenvalue weighted by Gasteiger charge is -2.32. The first-order valence-corrected chi connectivity index (χ1v) is 32.2. The fourth-order valence-electron chi connectivity index (χ4n) is 12.0. The molecule has 0 bridgehead atoms. The third kappa shape index (κ3) is 21.7. The molecular formula is C73H97Cl2N5O9. The standard InChI is InChI=1S/C28H33ClN2O3.C24H36N2O4.C21H28ClNO2/c29-24-9-3-21(4-10-24)28(22-5-11-25(12-6-22)30(16-18-32)17-19-33)23-7-13-26(14-8-23)31-15-1-2-27(34)20-31;1-2-3-24(20-4-8-22(9-5-20)25(12-16-27)13-17-28)21-6-10-23(11-7-21)26(14-18-29)15-19-30;1-21(2,3)20(16-4-8-18(22)9-5-16)17-6-10-19(11-7-17)23(12-14-24)13-15-25/h3-14,27-28,32-34H,1-2,15-20H2;4-11,24,27-30H,2-3,12-19H2,1H3;4-11,20,24-25H,12-15H2,1-3H3. The molecule has 8 rings (SSSR count). The van der Waals surface area contributed by atoms with Gasteiger partial charge in [0.1, 0.15) is 0 Å². The number of benzene rings is 7. The van der Waals surface area contributed by atoms with Crippen molar-refractivity contribution in [2.45, 2.75) is 77.2 Å². The lowest BCUT2D eigenvalue weighted by Crippen LogP contribution is -2.38. The van der Waals surface area contributed by atoms with E-state index in [2.05, 4.69) is 166 Å². The molecule has 3 atom stereocenters. The summed E-state index contributed by atoms with van der Waals surface area (Å²) in [5.41, 5.74) is 13.6. The summed E-state index contributed by atoms with van der Waals surface area (Å²) in [6.45, 7) is 14.9. The minimum Gasteiger partial charge on any atom is -0.395 e. The molecule has 1 fully saturated rings. The molecule has 1 saturated heterocycles. The van der Waals surface area contributed by atoms with Crippen LogP contribution in [0.15, 0.2) is 170 Å². The van der Waals surface area contributed by atoms with Crippen molar-refractivity contribution in [1.29, 1.82) is 0 Å². The van der Waals surface area contributed by atoms with Crippen LogP contribution in [0.5, 0.6) is 0 Å². The number of β-amino-alcohol motifs (C(OH)–C–C–N with tert-alkyl or cyclic N) is 1. The molecule has 7 aromatic rings. The van der Waals surface area contributed by atoms with Crippen molar-refractivity contribution in [3.05, 3.63) is 219 Å². The number of rotatable bonds is 30. The van der Waals surface area contributed by atoms with Gasteiger partial charge >= 0.3 is 0 Å². The van der Waals surface area contributed by atoms with Gasteiger partial charge in [-0.25, -0.2) is 0 Å². The Hall–Kier alpha value is -6.24. The molecule has 3 unspecified atom stereocenters. The van der Waals surface area contributed by atoms with Crippen LogP contribution in [0.2, 0.25) is 10.0 Å². The van der Waals surface area contributed by atoms with Crippen molar-refractivity contribution >= 4 is 51.6 Å². The average Bonchev–Trinajstić information content (AvgIpc) is 1.71. The predicted octanol–water partition coefficient (Wildman–Crippen LogP) is 10.8. The van der Waals surface area contributed by atoms with Crippen molar-refractivity contribution in [2.75, 3.05) is 143 Å². The molecule has 1 aliphatic heterocycles. The van der Waals surface area contributed by atoms with Crippen LogP contribution >= 0.6 is 23.2 Å². The second-order valence-electron chi connectivity index (χ2n) is 23.6. The van der Waals surface area contributed by atoms with Gasteiger partial charge < -0.3 is 70.5 Å². The average molecular weight is 1260 g/mol. The van der Waals surface area contributed by atoms with E-state index >= 15 is 0 Å². The van der Waals surface area contributed by atoms with Crippen molar-refractivity contribution in [3.8, 4) is 0 Å². The second kappa shape index (κ2) is 37.8. The van der Waals surface area contributed by atoms with Crippen LogP contribution in [0.1, 0.15) is 110 Å². The summed E-state index contributed by atoms with van der Waals surface area (Å²) in [5.74, 6) is 0.575. The number of aliphatic hydroxyl groups excluding tert-OH is 9. The Morgan fingerprint density at radius 3 is 0.989 bits per heavy atom. The van der Waals surface area contributed by atoms with E-state index < -0.39 is 0 Å². The van der Waals surface area contributed by atoms with E-state index in [1.54, 1.807) is 0 Å². The maximum atomic E-state index is 10.0. The highest BCUT2D eigenvalue weighted by Crippen LogP contribution is 2.42. The SMILES string of the molecule is CC(C)(C)C(c1ccc(Cl)cc1)c1ccc(N(CCO)CCO)cc1.CCCC(c1ccc(N(CCO)CCO)cc1)c1ccc(N(CCO)CCO)cc1.OCCN(CCO)c1ccc(C(c2ccc(Cl)cc2)c2ccc(N3CCCC(O)C3)cc2)cc1. The third-order valence-electron chi connectivity index (χ3n) is 16.3. The Bertz CT molecular complexity index is 2900. The fourth-order valence-corrected chi connectivity index (χ4v) is 12.2. The van der Waals surface area contributed by atoms with Crippen LogP contribution in [-0.4, -0.2) is 170 Å². The molecule has 89 heavy (non-hydrogen) atoms. The summed E-state index contributed by atoms with van der Waals surface area (Å²) in [6, 6.07) is 58.2. The highest BCUT2D eigenvalue weighted by atomic mass is 35.5. The zero-order valence-corrected chi connectivity index (χ0v) is 54.1. The van der Waals surface area contributed by atoms with Crippen molar-refractivity contribution in [1.82, 2.24) is 0 Å². The van der Waals surface area contributed by atoms with Crippen LogP contribution in [0, 0.1) is 5.41 Å². The molecule has 9 N–H and O–H groups in total. The molecule has 14 nitrogen and oxygen atoms in total. The Balaban J connectivity index is 0.000000215. The van der Waals surface area contributed by atoms with Gasteiger partial charge in [-0.15, -0.1) is 0 Å². The zero-order valence-electron chi connectivity index (χ0n) is 52.5. The number of halogens is 2. The summed E-state index contributed by atoms with van der Waals surface area (Å²) in [4.78, 5) is 10.2. The van der Waals surface area contributed by atoms with Crippen LogP contribution < -0.4 is 24.5 Å². The third-order valence-corrected chi connectivity index (χ3v) is 16.8. The van der Waals surface area contributed by atoms with E-state index in [9.17, 15) is 46.0 Å². The minimum atomic E-state index is -0.259. The maximum Gasteiger partial charge on any atom is 0.0715 e. The molecule has 0 radical (unpaired) electrons. The molecule has 0 spiro atoms. The van der Waals surface area contributed by atoms with E-state index in [-0.39, 0.29) is 82.1 Å². The number of aliphatic hydroxyl groups is 9. The molecule has 1 heterocycles. The van der Waals surface area contributed by atoms with Crippen molar-refractivity contribution < 1.29 is 46.0 Å². The molecule has 16 heteroatoms. The van der Waals surface area contributed by atoms with Crippen molar-refractivity contribution in [3.63, 3.8) is 0 Å². The van der Waals surface area contributed by atoms with Gasteiger partial charge in [0.2, 0.25) is 0 Å². The first-order chi connectivity index (χ1) is 43.1. The number of hydrogen-bond donors (Lipinski definition) is 9. The number of nitrogens with zero attached hydrogens (tertiary/aromatic N) is 5. The Labute approximate surface area is 539 Å². The molecule has 7 aromatic carbocycles. The summed E-state index contributed by atoms with van der Waals surface area (Å²) in [5, 5.41) is 85.7. The van der Waals surface area contributed by atoms with Gasteiger partial charge in [-0.3, -0.25) is 0 Å². The highest BCUT2D eigenvalue weighted by Gasteiger charge is 2.28. The van der Waals surface area contributed by atoms with Gasteiger partial charge in [0.15, 0.2) is 0 Å². The Morgan fingerprint density at radius 2 is 0.697 bits per heavy atom. The van der Waals surface area contributed by atoms with E-state index in [0.29, 0.717) is 63.9 Å². The number of piperidine rings is 1. The molecule has 0 amide bonds. The first kappa shape index (κ1) is 71.8. The topological polar surface area (TPSA) is 198 Å². The lowest BCUT2D eigenvalue weighted by molar-refractivity contribution is 0.154. The summed E-state index contributed by atoms with van der Waals surface area (Å²) >= 11 is 12.2. The monoisotopic (exact) mass is 1260 g/mol. The molecule has 0 aromatic heterocycles. The van der Waals surface area contributed by atoms with E-state index in [0.717, 1.165) is 76.8 Å². The predicted molar refractivity (Wildman–Crippen MR) is 367 cm³/mol. The molecule has 482 valence electrons. The van der Waals surface area contributed by atoms with Crippen LogP contribution in [-0.2, 0) is 0 Å². The normalized spacial score (nSPS) is 13.8. The zero-order chi connectivity index (χ0) is 64.1. The molecular weight excluding hydrogens is 1160 g/mol. The summed E-state index contributed by atoms with van der Waals surface area (Å²) < 4.78 is 0. The van der Waals surface area contributed by atoms with Gasteiger partial charge in [-0.1, -0.05) is 142 Å². The van der Waals surface area contributed by atoms with Crippen LogP contribution in [0.25, 0.3) is 0 Å². The van der Waals surface area contributed by atoms with E-state index in [4.69, 9.17) is 23.2 Å². The minimum absolute atomic E-state index is 0.0372. The second-order valence-corrected chi connectivity index (χ2v) is 24.5. The van der Waals surface area contributed by atoms with Gasteiger partial charge in [-0.2, -0.15) is 0 Å².